The van der Waals surface area contributed by atoms with E-state index in [-0.39, 0.29) is 0 Å². The lowest BCUT2D eigenvalue weighted by Crippen LogP contribution is -2.39. The van der Waals surface area contributed by atoms with Crippen molar-refractivity contribution >= 4 is 22.6 Å². The molecule has 0 amide bonds. The van der Waals surface area contributed by atoms with Crippen molar-refractivity contribution in [3.8, 4) is 0 Å². The number of hydrogen-bond acceptors (Lipinski definition) is 1. The Morgan fingerprint density at radius 2 is 1.33 bits per heavy atom. The Morgan fingerprint density at radius 1 is 0.867 bits per heavy atom. The average Bonchev–Trinajstić information content (AvgIpc) is 2.24. The van der Waals surface area contributed by atoms with Crippen LogP contribution >= 0.6 is 22.6 Å². The summed E-state index contributed by atoms with van der Waals surface area (Å²) >= 11 is 2.65. The molecule has 1 nitrogen and oxygen atoms in total. The van der Waals surface area contributed by atoms with E-state index in [1.54, 1.807) is 0 Å². The minimum Gasteiger partial charge on any atom is -0.303 e. The number of alkyl halides is 1. The van der Waals surface area contributed by atoms with Gasteiger partial charge in [-0.05, 0) is 25.8 Å². The van der Waals surface area contributed by atoms with Crippen molar-refractivity contribution < 1.29 is 0 Å². The van der Waals surface area contributed by atoms with Crippen LogP contribution in [0.15, 0.2) is 0 Å². The third-order valence-corrected chi connectivity index (χ3v) is 4.29. The Labute approximate surface area is 110 Å². The molecule has 0 rings (SSSR count). The molecule has 0 aromatic rings. The molecule has 0 spiro atoms. The summed E-state index contributed by atoms with van der Waals surface area (Å²) in [7, 11) is 0. The smallest absolute Gasteiger partial charge is 0.0705 e. The SMILES string of the molecule is CCCCNC(I)(CCCC)CCCC. The van der Waals surface area contributed by atoms with E-state index in [4.69, 9.17) is 0 Å². The second kappa shape index (κ2) is 9.88. The van der Waals surface area contributed by atoms with Gasteiger partial charge in [-0.25, -0.2) is 0 Å². The second-order valence-electron chi connectivity index (χ2n) is 4.45. The largest absolute Gasteiger partial charge is 0.303 e. The Bertz CT molecular complexity index is 128. The quantitative estimate of drug-likeness (QED) is 0.261. The molecule has 0 aliphatic heterocycles. The molecule has 15 heavy (non-hydrogen) atoms. The minimum atomic E-state index is 0.374. The monoisotopic (exact) mass is 325 g/mol. The first kappa shape index (κ1) is 15.7. The van der Waals surface area contributed by atoms with Crippen LogP contribution in [0.4, 0.5) is 0 Å². The molecule has 0 aliphatic rings. The minimum absolute atomic E-state index is 0.374. The molecule has 0 aromatic heterocycles. The highest BCUT2D eigenvalue weighted by molar-refractivity contribution is 14.1. The molecule has 0 aliphatic carbocycles. The number of rotatable bonds is 10. The summed E-state index contributed by atoms with van der Waals surface area (Å²) in [6.07, 6.45) is 10.6. The Balaban J connectivity index is 3.89. The van der Waals surface area contributed by atoms with Gasteiger partial charge in [0.05, 0.1) is 3.55 Å². The van der Waals surface area contributed by atoms with Crippen molar-refractivity contribution in [3.05, 3.63) is 0 Å². The van der Waals surface area contributed by atoms with Gasteiger partial charge in [-0.3, -0.25) is 0 Å². The highest BCUT2D eigenvalue weighted by Gasteiger charge is 2.23. The molecule has 0 heterocycles. The first-order valence-electron chi connectivity index (χ1n) is 6.62. The number of halogens is 1. The maximum Gasteiger partial charge on any atom is 0.0705 e. The fourth-order valence-corrected chi connectivity index (χ4v) is 2.74. The molecule has 0 saturated carbocycles. The summed E-state index contributed by atoms with van der Waals surface area (Å²) in [5, 5.41) is 3.75. The molecule has 0 unspecified atom stereocenters. The third-order valence-electron chi connectivity index (χ3n) is 2.83. The van der Waals surface area contributed by atoms with Crippen LogP contribution in [0.1, 0.15) is 72.1 Å². The Hall–Kier alpha value is 0.690. The molecule has 2 heteroatoms. The zero-order valence-electron chi connectivity index (χ0n) is 10.7. The van der Waals surface area contributed by atoms with E-state index < -0.39 is 0 Å². The summed E-state index contributed by atoms with van der Waals surface area (Å²) in [4.78, 5) is 0. The van der Waals surface area contributed by atoms with E-state index in [0.29, 0.717) is 3.55 Å². The summed E-state index contributed by atoms with van der Waals surface area (Å²) in [6, 6.07) is 0. The van der Waals surface area contributed by atoms with Crippen LogP contribution in [0, 0.1) is 0 Å². The maximum absolute atomic E-state index is 3.75. The van der Waals surface area contributed by atoms with Gasteiger partial charge in [0.25, 0.3) is 0 Å². The van der Waals surface area contributed by atoms with Crippen molar-refractivity contribution in [2.75, 3.05) is 6.54 Å². The lowest BCUT2D eigenvalue weighted by atomic mass is 10.0. The highest BCUT2D eigenvalue weighted by atomic mass is 127. The lowest BCUT2D eigenvalue weighted by molar-refractivity contribution is 0.404. The van der Waals surface area contributed by atoms with Crippen LogP contribution in [-0.2, 0) is 0 Å². The van der Waals surface area contributed by atoms with Gasteiger partial charge >= 0.3 is 0 Å². The lowest BCUT2D eigenvalue weighted by Gasteiger charge is -2.29. The van der Waals surface area contributed by atoms with Gasteiger partial charge in [0.15, 0.2) is 0 Å². The molecule has 0 saturated heterocycles. The van der Waals surface area contributed by atoms with E-state index in [0.717, 1.165) is 0 Å². The molecule has 0 bridgehead atoms. The van der Waals surface area contributed by atoms with Crippen LogP contribution in [0.5, 0.6) is 0 Å². The van der Waals surface area contributed by atoms with Crippen LogP contribution in [0.3, 0.4) is 0 Å². The van der Waals surface area contributed by atoms with Crippen molar-refractivity contribution in [3.63, 3.8) is 0 Å². The predicted octanol–water partition coefficient (Wildman–Crippen LogP) is 4.89. The van der Waals surface area contributed by atoms with Gasteiger partial charge in [-0.2, -0.15) is 0 Å². The van der Waals surface area contributed by atoms with E-state index >= 15 is 0 Å². The van der Waals surface area contributed by atoms with Gasteiger partial charge in [0.2, 0.25) is 0 Å². The van der Waals surface area contributed by atoms with Crippen LogP contribution in [0.2, 0.25) is 0 Å². The highest BCUT2D eigenvalue weighted by Crippen LogP contribution is 2.28. The van der Waals surface area contributed by atoms with Gasteiger partial charge in [-0.1, -0.05) is 75.5 Å². The Morgan fingerprint density at radius 3 is 1.73 bits per heavy atom. The zero-order chi connectivity index (χ0) is 11.6. The van der Waals surface area contributed by atoms with E-state index in [9.17, 15) is 0 Å². The topological polar surface area (TPSA) is 12.0 Å². The first-order valence-corrected chi connectivity index (χ1v) is 7.70. The molecule has 1 N–H and O–H groups in total. The van der Waals surface area contributed by atoms with Crippen LogP contribution < -0.4 is 5.32 Å². The first-order chi connectivity index (χ1) is 7.18. The standard InChI is InChI=1S/C13H28IN/c1-4-7-10-13(14,11-8-5-2)15-12-9-6-3/h15H,4-12H2,1-3H3. The molecule has 0 fully saturated rings. The van der Waals surface area contributed by atoms with E-state index in [1.807, 2.05) is 0 Å². The van der Waals surface area contributed by atoms with Crippen molar-refractivity contribution in [2.45, 2.75) is 75.7 Å². The van der Waals surface area contributed by atoms with Crippen molar-refractivity contribution in [1.29, 1.82) is 0 Å². The molecule has 0 atom stereocenters. The van der Waals surface area contributed by atoms with Crippen LogP contribution in [-0.4, -0.2) is 10.1 Å². The number of nitrogens with one attached hydrogen (secondary N) is 1. The fourth-order valence-electron chi connectivity index (χ4n) is 1.70. The molecule has 0 radical (unpaired) electrons. The summed E-state index contributed by atoms with van der Waals surface area (Å²) < 4.78 is 0.374. The molecule has 92 valence electrons. The van der Waals surface area contributed by atoms with Gasteiger partial charge < -0.3 is 5.32 Å². The predicted molar refractivity (Wildman–Crippen MR) is 78.7 cm³/mol. The van der Waals surface area contributed by atoms with E-state index in [2.05, 4.69) is 48.7 Å². The van der Waals surface area contributed by atoms with Gasteiger partial charge in [0.1, 0.15) is 0 Å². The Kier molecular flexibility index (Phi) is 10.3. The number of unbranched alkanes of at least 4 members (excludes halogenated alkanes) is 3. The third kappa shape index (κ3) is 8.49. The summed E-state index contributed by atoms with van der Waals surface area (Å²) in [6.45, 7) is 8.01. The maximum atomic E-state index is 3.75. The van der Waals surface area contributed by atoms with Crippen LogP contribution in [0.25, 0.3) is 0 Å². The fraction of sp³-hybridized carbons (Fsp3) is 1.00. The molecular weight excluding hydrogens is 297 g/mol. The van der Waals surface area contributed by atoms with E-state index in [1.165, 1.54) is 57.9 Å². The molecular formula is C13H28IN. The normalized spacial score (nSPS) is 12.0. The van der Waals surface area contributed by atoms with Crippen molar-refractivity contribution in [1.82, 2.24) is 5.32 Å². The second-order valence-corrected chi connectivity index (χ2v) is 6.52. The van der Waals surface area contributed by atoms with Gasteiger partial charge in [-0.15, -0.1) is 0 Å². The molecule has 0 aromatic carbocycles. The summed E-state index contributed by atoms with van der Waals surface area (Å²) in [5.41, 5.74) is 0. The summed E-state index contributed by atoms with van der Waals surface area (Å²) in [5.74, 6) is 0. The van der Waals surface area contributed by atoms with Crippen molar-refractivity contribution in [2.24, 2.45) is 0 Å². The van der Waals surface area contributed by atoms with Gasteiger partial charge in [0, 0.05) is 0 Å². The average molecular weight is 325 g/mol. The zero-order valence-corrected chi connectivity index (χ0v) is 12.9. The number of hydrogen-bond donors (Lipinski definition) is 1.